The van der Waals surface area contributed by atoms with Crippen LogP contribution in [-0.4, -0.2) is 52.2 Å². The lowest BCUT2D eigenvalue weighted by molar-refractivity contribution is -0.0121. The molecule has 0 spiro atoms. The predicted molar refractivity (Wildman–Crippen MR) is 63.8 cm³/mol. The van der Waals surface area contributed by atoms with E-state index in [-0.39, 0.29) is 0 Å². The van der Waals surface area contributed by atoms with Gasteiger partial charge in [-0.15, -0.1) is 0 Å². The SMILES string of the molecule is CCNC1CCCC1OCCOCCOC. The maximum Gasteiger partial charge on any atom is 0.0729 e. The average Bonchev–Trinajstić information content (AvgIpc) is 2.72. The number of likely N-dealkylation sites (N-methyl/N-ethyl adjacent to an activating group) is 1. The summed E-state index contributed by atoms with van der Waals surface area (Å²) in [6.07, 6.45) is 4.07. The molecule has 2 atom stereocenters. The molecule has 16 heavy (non-hydrogen) atoms. The zero-order valence-electron chi connectivity index (χ0n) is 10.5. The van der Waals surface area contributed by atoms with Crippen LogP contribution in [0.4, 0.5) is 0 Å². The molecule has 1 saturated carbocycles. The molecule has 1 fully saturated rings. The van der Waals surface area contributed by atoms with Gasteiger partial charge in [-0.05, 0) is 25.8 Å². The third kappa shape index (κ3) is 5.25. The first-order chi connectivity index (χ1) is 7.88. The molecular weight excluding hydrogens is 206 g/mol. The number of methoxy groups -OCH3 is 1. The molecule has 96 valence electrons. The van der Waals surface area contributed by atoms with Crippen LogP contribution in [0.5, 0.6) is 0 Å². The van der Waals surface area contributed by atoms with Gasteiger partial charge < -0.3 is 19.5 Å². The molecular formula is C12H25NO3. The van der Waals surface area contributed by atoms with E-state index in [2.05, 4.69) is 12.2 Å². The van der Waals surface area contributed by atoms with Crippen molar-refractivity contribution in [1.29, 1.82) is 0 Å². The van der Waals surface area contributed by atoms with Crippen LogP contribution in [0.25, 0.3) is 0 Å². The van der Waals surface area contributed by atoms with Crippen molar-refractivity contribution in [1.82, 2.24) is 5.32 Å². The molecule has 0 bridgehead atoms. The fraction of sp³-hybridized carbons (Fsp3) is 1.00. The second kappa shape index (κ2) is 8.93. The van der Waals surface area contributed by atoms with Crippen molar-refractivity contribution in [2.24, 2.45) is 0 Å². The summed E-state index contributed by atoms with van der Waals surface area (Å²) in [5.41, 5.74) is 0. The Bertz CT molecular complexity index is 166. The van der Waals surface area contributed by atoms with E-state index < -0.39 is 0 Å². The Morgan fingerprint density at radius 1 is 1.12 bits per heavy atom. The van der Waals surface area contributed by atoms with Crippen LogP contribution in [0.3, 0.4) is 0 Å². The summed E-state index contributed by atoms with van der Waals surface area (Å²) < 4.78 is 16.1. The smallest absolute Gasteiger partial charge is 0.0729 e. The summed E-state index contributed by atoms with van der Waals surface area (Å²) in [7, 11) is 1.68. The molecule has 2 unspecified atom stereocenters. The largest absolute Gasteiger partial charge is 0.382 e. The quantitative estimate of drug-likeness (QED) is 0.605. The minimum absolute atomic E-state index is 0.381. The van der Waals surface area contributed by atoms with Crippen molar-refractivity contribution >= 4 is 0 Å². The van der Waals surface area contributed by atoms with Gasteiger partial charge in [0.15, 0.2) is 0 Å². The summed E-state index contributed by atoms with van der Waals surface area (Å²) in [4.78, 5) is 0. The number of hydrogen-bond donors (Lipinski definition) is 1. The molecule has 0 aromatic carbocycles. The first-order valence-electron chi connectivity index (χ1n) is 6.30. The van der Waals surface area contributed by atoms with E-state index >= 15 is 0 Å². The standard InChI is InChI=1S/C12H25NO3/c1-3-13-11-5-4-6-12(11)16-10-9-15-8-7-14-2/h11-13H,3-10H2,1-2H3. The Kier molecular flexibility index (Phi) is 7.76. The topological polar surface area (TPSA) is 39.7 Å². The predicted octanol–water partition coefficient (Wildman–Crippen LogP) is 1.20. The highest BCUT2D eigenvalue weighted by Gasteiger charge is 2.26. The lowest BCUT2D eigenvalue weighted by Gasteiger charge is -2.20. The van der Waals surface area contributed by atoms with Crippen molar-refractivity contribution in [3.63, 3.8) is 0 Å². The van der Waals surface area contributed by atoms with E-state index in [1.807, 2.05) is 0 Å². The Labute approximate surface area is 98.6 Å². The van der Waals surface area contributed by atoms with Crippen LogP contribution >= 0.6 is 0 Å². The van der Waals surface area contributed by atoms with E-state index in [4.69, 9.17) is 14.2 Å². The summed E-state index contributed by atoms with van der Waals surface area (Å²) in [5.74, 6) is 0. The number of rotatable bonds is 9. The van der Waals surface area contributed by atoms with Crippen LogP contribution in [0.1, 0.15) is 26.2 Å². The molecule has 4 heteroatoms. The summed E-state index contributed by atoms with van der Waals surface area (Å²) in [6, 6.07) is 0.545. The summed E-state index contributed by atoms with van der Waals surface area (Å²) in [5, 5.41) is 3.47. The molecule has 0 amide bonds. The highest BCUT2D eigenvalue weighted by molar-refractivity contribution is 4.83. The lowest BCUT2D eigenvalue weighted by atomic mass is 10.2. The second-order valence-electron chi connectivity index (χ2n) is 4.11. The maximum atomic E-state index is 5.82. The van der Waals surface area contributed by atoms with Crippen molar-refractivity contribution in [3.05, 3.63) is 0 Å². The lowest BCUT2D eigenvalue weighted by Crippen LogP contribution is -2.37. The Morgan fingerprint density at radius 2 is 1.94 bits per heavy atom. The van der Waals surface area contributed by atoms with Gasteiger partial charge in [0.25, 0.3) is 0 Å². The number of hydrogen-bond acceptors (Lipinski definition) is 4. The molecule has 1 aliphatic rings. The van der Waals surface area contributed by atoms with E-state index in [0.717, 1.165) is 6.54 Å². The fourth-order valence-electron chi connectivity index (χ4n) is 2.12. The third-order valence-electron chi connectivity index (χ3n) is 2.91. The van der Waals surface area contributed by atoms with Gasteiger partial charge >= 0.3 is 0 Å². The van der Waals surface area contributed by atoms with Crippen LogP contribution in [0, 0.1) is 0 Å². The van der Waals surface area contributed by atoms with Gasteiger partial charge in [0, 0.05) is 13.2 Å². The Balaban J connectivity index is 1.99. The molecule has 1 rings (SSSR count). The van der Waals surface area contributed by atoms with E-state index in [0.29, 0.717) is 38.6 Å². The Hall–Kier alpha value is -0.160. The van der Waals surface area contributed by atoms with Gasteiger partial charge in [-0.2, -0.15) is 0 Å². The minimum Gasteiger partial charge on any atom is -0.382 e. The van der Waals surface area contributed by atoms with Crippen molar-refractivity contribution in [2.45, 2.75) is 38.3 Å². The van der Waals surface area contributed by atoms with Gasteiger partial charge in [0.1, 0.15) is 0 Å². The van der Waals surface area contributed by atoms with Gasteiger partial charge in [-0.25, -0.2) is 0 Å². The molecule has 0 heterocycles. The van der Waals surface area contributed by atoms with Crippen LogP contribution in [0.15, 0.2) is 0 Å². The summed E-state index contributed by atoms with van der Waals surface area (Å²) >= 11 is 0. The third-order valence-corrected chi connectivity index (χ3v) is 2.91. The minimum atomic E-state index is 0.381. The molecule has 0 aromatic rings. The van der Waals surface area contributed by atoms with E-state index in [9.17, 15) is 0 Å². The molecule has 0 saturated heterocycles. The van der Waals surface area contributed by atoms with Gasteiger partial charge in [0.05, 0.1) is 32.5 Å². The molecule has 0 aromatic heterocycles. The monoisotopic (exact) mass is 231 g/mol. The normalized spacial score (nSPS) is 25.1. The van der Waals surface area contributed by atoms with Crippen LogP contribution < -0.4 is 5.32 Å². The van der Waals surface area contributed by atoms with Crippen molar-refractivity contribution in [3.8, 4) is 0 Å². The molecule has 4 nitrogen and oxygen atoms in total. The highest BCUT2D eigenvalue weighted by atomic mass is 16.5. The molecule has 0 aliphatic heterocycles. The number of ether oxygens (including phenoxy) is 3. The van der Waals surface area contributed by atoms with Crippen LogP contribution in [0.2, 0.25) is 0 Å². The number of nitrogens with one attached hydrogen (secondary N) is 1. The molecule has 1 aliphatic carbocycles. The first kappa shape index (κ1) is 13.9. The van der Waals surface area contributed by atoms with Gasteiger partial charge in [-0.1, -0.05) is 6.92 Å². The Morgan fingerprint density at radius 3 is 2.69 bits per heavy atom. The van der Waals surface area contributed by atoms with Crippen LogP contribution in [-0.2, 0) is 14.2 Å². The zero-order chi connectivity index (χ0) is 11.6. The zero-order valence-corrected chi connectivity index (χ0v) is 10.5. The van der Waals surface area contributed by atoms with E-state index in [1.165, 1.54) is 19.3 Å². The van der Waals surface area contributed by atoms with Crippen molar-refractivity contribution < 1.29 is 14.2 Å². The average molecular weight is 231 g/mol. The van der Waals surface area contributed by atoms with Gasteiger partial charge in [0.2, 0.25) is 0 Å². The molecule has 1 N–H and O–H groups in total. The highest BCUT2D eigenvalue weighted by Crippen LogP contribution is 2.21. The maximum absolute atomic E-state index is 5.82. The summed E-state index contributed by atoms with van der Waals surface area (Å²) in [6.45, 7) is 5.83. The first-order valence-corrected chi connectivity index (χ1v) is 6.30. The van der Waals surface area contributed by atoms with Crippen molar-refractivity contribution in [2.75, 3.05) is 40.1 Å². The van der Waals surface area contributed by atoms with E-state index in [1.54, 1.807) is 7.11 Å². The molecule has 0 radical (unpaired) electrons. The second-order valence-corrected chi connectivity index (χ2v) is 4.11. The van der Waals surface area contributed by atoms with Gasteiger partial charge in [-0.3, -0.25) is 0 Å². The fourth-order valence-corrected chi connectivity index (χ4v) is 2.12.